The van der Waals surface area contributed by atoms with Crippen LogP contribution in [0.3, 0.4) is 0 Å². The van der Waals surface area contributed by atoms with E-state index in [1.165, 1.54) is 0 Å². The van der Waals surface area contributed by atoms with E-state index in [2.05, 4.69) is 5.32 Å². The molecule has 0 spiro atoms. The average Bonchev–Trinajstić information content (AvgIpc) is 2.91. The summed E-state index contributed by atoms with van der Waals surface area (Å²) in [5.41, 5.74) is 6.93. The summed E-state index contributed by atoms with van der Waals surface area (Å²) in [7, 11) is 0. The highest BCUT2D eigenvalue weighted by molar-refractivity contribution is 5.79. The summed E-state index contributed by atoms with van der Waals surface area (Å²) in [6.45, 7) is 5.25. The molecule has 20 heavy (non-hydrogen) atoms. The van der Waals surface area contributed by atoms with E-state index in [9.17, 15) is 4.79 Å². The van der Waals surface area contributed by atoms with Crippen LogP contribution >= 0.6 is 0 Å². The fraction of sp³-hybridized carbons (Fsp3) is 0.562. The van der Waals surface area contributed by atoms with Gasteiger partial charge < -0.3 is 15.8 Å². The number of hydrogen-bond acceptors (Lipinski definition) is 3. The molecule has 110 valence electrons. The quantitative estimate of drug-likeness (QED) is 0.864. The number of carbonyl (C=O) groups excluding carboxylic acids is 1. The van der Waals surface area contributed by atoms with Gasteiger partial charge in [0.25, 0.3) is 0 Å². The van der Waals surface area contributed by atoms with E-state index in [1.54, 1.807) is 0 Å². The zero-order valence-corrected chi connectivity index (χ0v) is 12.3. The third-order valence-corrected chi connectivity index (χ3v) is 4.07. The maximum atomic E-state index is 12.2. The highest BCUT2D eigenvalue weighted by Crippen LogP contribution is 2.24. The van der Waals surface area contributed by atoms with Crippen LogP contribution < -0.4 is 11.1 Å². The number of carbonyl (C=O) groups is 1. The Hall–Kier alpha value is -1.39. The highest BCUT2D eigenvalue weighted by atomic mass is 16.5. The van der Waals surface area contributed by atoms with E-state index in [-0.39, 0.29) is 23.5 Å². The first-order valence-corrected chi connectivity index (χ1v) is 7.24. The molecule has 0 radical (unpaired) electrons. The molecule has 3 N–H and O–H groups in total. The Morgan fingerprint density at radius 2 is 2.15 bits per heavy atom. The summed E-state index contributed by atoms with van der Waals surface area (Å²) in [5, 5.41) is 2.97. The molecule has 1 aliphatic heterocycles. The number of nitrogens with one attached hydrogen (secondary N) is 1. The number of amides is 1. The van der Waals surface area contributed by atoms with Crippen molar-refractivity contribution in [2.24, 2.45) is 11.7 Å². The van der Waals surface area contributed by atoms with Crippen molar-refractivity contribution >= 4 is 5.91 Å². The first-order chi connectivity index (χ1) is 9.52. The average molecular weight is 276 g/mol. The molecule has 3 unspecified atom stereocenters. The van der Waals surface area contributed by atoms with Crippen molar-refractivity contribution in [1.29, 1.82) is 0 Å². The van der Waals surface area contributed by atoms with Crippen LogP contribution in [0.5, 0.6) is 0 Å². The van der Waals surface area contributed by atoms with Crippen LogP contribution in [-0.2, 0) is 9.53 Å². The second-order valence-corrected chi connectivity index (χ2v) is 5.84. The van der Waals surface area contributed by atoms with Crippen molar-refractivity contribution in [1.82, 2.24) is 5.32 Å². The molecule has 2 rings (SSSR count). The van der Waals surface area contributed by atoms with Crippen molar-refractivity contribution in [3.8, 4) is 0 Å². The summed E-state index contributed by atoms with van der Waals surface area (Å²) in [6.07, 6.45) is 2.05. The maximum Gasteiger partial charge on any atom is 0.224 e. The van der Waals surface area contributed by atoms with Crippen LogP contribution in [0.4, 0.5) is 0 Å². The zero-order chi connectivity index (χ0) is 14.6. The van der Waals surface area contributed by atoms with Gasteiger partial charge in [0.15, 0.2) is 0 Å². The van der Waals surface area contributed by atoms with Crippen molar-refractivity contribution < 1.29 is 9.53 Å². The lowest BCUT2D eigenvalue weighted by Crippen LogP contribution is -2.43. The third kappa shape index (κ3) is 3.58. The van der Waals surface area contributed by atoms with Gasteiger partial charge >= 0.3 is 0 Å². The van der Waals surface area contributed by atoms with E-state index >= 15 is 0 Å². The molecule has 4 heteroatoms. The Balaban J connectivity index is 1.88. The number of hydrogen-bond donors (Lipinski definition) is 2. The fourth-order valence-corrected chi connectivity index (χ4v) is 2.54. The van der Waals surface area contributed by atoms with Crippen molar-refractivity contribution in [2.45, 2.75) is 38.3 Å². The van der Waals surface area contributed by atoms with Crippen LogP contribution in [0.25, 0.3) is 0 Å². The molecule has 0 aromatic heterocycles. The van der Waals surface area contributed by atoms with Gasteiger partial charge in [-0.2, -0.15) is 0 Å². The Morgan fingerprint density at radius 3 is 2.75 bits per heavy atom. The summed E-state index contributed by atoms with van der Waals surface area (Å²) in [4.78, 5) is 12.2. The van der Waals surface area contributed by atoms with E-state index in [1.807, 2.05) is 44.2 Å². The van der Waals surface area contributed by atoms with Crippen LogP contribution in [0.15, 0.2) is 30.3 Å². The summed E-state index contributed by atoms with van der Waals surface area (Å²) in [5.74, 6) is -0.277. The summed E-state index contributed by atoms with van der Waals surface area (Å²) in [6, 6.07) is 9.44. The Bertz CT molecular complexity index is 441. The molecule has 3 atom stereocenters. The van der Waals surface area contributed by atoms with Gasteiger partial charge in [-0.3, -0.25) is 4.79 Å². The SMILES string of the molecule is CC(C(=O)NCC1(C)CCCO1)C(N)c1ccccc1. The second-order valence-electron chi connectivity index (χ2n) is 5.84. The monoisotopic (exact) mass is 276 g/mol. The van der Waals surface area contributed by atoms with Crippen molar-refractivity contribution in [3.05, 3.63) is 35.9 Å². The van der Waals surface area contributed by atoms with Crippen LogP contribution in [0, 0.1) is 5.92 Å². The molecule has 4 nitrogen and oxygen atoms in total. The predicted octanol–water partition coefficient (Wildman–Crippen LogP) is 2.01. The lowest BCUT2D eigenvalue weighted by molar-refractivity contribution is -0.126. The summed E-state index contributed by atoms with van der Waals surface area (Å²) >= 11 is 0. The minimum atomic E-state index is -0.284. The molecule has 1 aromatic rings. The van der Waals surface area contributed by atoms with E-state index < -0.39 is 0 Å². The molecule has 1 fully saturated rings. The van der Waals surface area contributed by atoms with Gasteiger partial charge in [-0.25, -0.2) is 0 Å². The minimum Gasteiger partial charge on any atom is -0.373 e. The number of ether oxygens (including phenoxy) is 1. The standard InChI is InChI=1S/C16H24N2O2/c1-12(14(17)13-7-4-3-5-8-13)15(19)18-11-16(2)9-6-10-20-16/h3-5,7-8,12,14H,6,9-11,17H2,1-2H3,(H,18,19). The molecule has 0 bridgehead atoms. The maximum absolute atomic E-state index is 12.2. The van der Waals surface area contributed by atoms with Crippen LogP contribution in [0.1, 0.15) is 38.3 Å². The van der Waals surface area contributed by atoms with Crippen LogP contribution in [0.2, 0.25) is 0 Å². The Morgan fingerprint density at radius 1 is 1.45 bits per heavy atom. The molecular weight excluding hydrogens is 252 g/mol. The lowest BCUT2D eigenvalue weighted by atomic mass is 9.94. The molecule has 1 aliphatic rings. The third-order valence-electron chi connectivity index (χ3n) is 4.07. The smallest absolute Gasteiger partial charge is 0.224 e. The first-order valence-electron chi connectivity index (χ1n) is 7.24. The van der Waals surface area contributed by atoms with Gasteiger partial charge in [-0.15, -0.1) is 0 Å². The fourth-order valence-electron chi connectivity index (χ4n) is 2.54. The minimum absolute atomic E-state index is 0.0157. The van der Waals surface area contributed by atoms with Gasteiger partial charge in [0.05, 0.1) is 11.5 Å². The normalized spacial score (nSPS) is 25.1. The molecule has 1 heterocycles. The topological polar surface area (TPSA) is 64.3 Å². The zero-order valence-electron chi connectivity index (χ0n) is 12.3. The Kier molecular flexibility index (Phi) is 4.78. The number of rotatable bonds is 5. The number of benzene rings is 1. The summed E-state index contributed by atoms with van der Waals surface area (Å²) < 4.78 is 5.67. The van der Waals surface area contributed by atoms with Crippen molar-refractivity contribution in [2.75, 3.05) is 13.2 Å². The van der Waals surface area contributed by atoms with E-state index in [4.69, 9.17) is 10.5 Å². The first kappa shape index (κ1) is 15.0. The second kappa shape index (κ2) is 6.37. The lowest BCUT2D eigenvalue weighted by Gasteiger charge is -2.26. The van der Waals surface area contributed by atoms with Crippen LogP contribution in [-0.4, -0.2) is 24.7 Å². The molecule has 1 aromatic carbocycles. The van der Waals surface area contributed by atoms with Crippen molar-refractivity contribution in [3.63, 3.8) is 0 Å². The number of nitrogens with two attached hydrogens (primary N) is 1. The highest BCUT2D eigenvalue weighted by Gasteiger charge is 2.31. The van der Waals surface area contributed by atoms with E-state index in [0.717, 1.165) is 25.0 Å². The van der Waals surface area contributed by atoms with Gasteiger partial charge in [0.1, 0.15) is 0 Å². The van der Waals surface area contributed by atoms with E-state index in [0.29, 0.717) is 6.54 Å². The predicted molar refractivity (Wildman–Crippen MR) is 79.1 cm³/mol. The van der Waals surface area contributed by atoms with Gasteiger partial charge in [-0.1, -0.05) is 37.3 Å². The molecule has 1 amide bonds. The molecule has 0 aliphatic carbocycles. The van der Waals surface area contributed by atoms with Gasteiger partial charge in [0, 0.05) is 19.2 Å². The molecule has 1 saturated heterocycles. The Labute approximate surface area is 120 Å². The van der Waals surface area contributed by atoms with Gasteiger partial charge in [-0.05, 0) is 25.3 Å². The molecule has 0 saturated carbocycles. The molecular formula is C16H24N2O2. The largest absolute Gasteiger partial charge is 0.373 e. The van der Waals surface area contributed by atoms with Gasteiger partial charge in [0.2, 0.25) is 5.91 Å².